The molecule has 4 rings (SSSR count). The van der Waals surface area contributed by atoms with Crippen LogP contribution in [-0.2, 0) is 11.2 Å². The van der Waals surface area contributed by atoms with E-state index in [-0.39, 0.29) is 11.8 Å². The normalized spacial score (nSPS) is 12.9. The van der Waals surface area contributed by atoms with Crippen LogP contribution in [0, 0.1) is 0 Å². The zero-order valence-electron chi connectivity index (χ0n) is 17.8. The van der Waals surface area contributed by atoms with Crippen molar-refractivity contribution in [3.8, 4) is 11.5 Å². The van der Waals surface area contributed by atoms with E-state index in [2.05, 4.69) is 6.07 Å². The van der Waals surface area contributed by atoms with Gasteiger partial charge in [-0.05, 0) is 54.4 Å². The fourth-order valence-electron chi connectivity index (χ4n) is 3.81. The Bertz CT molecular complexity index is 1120. The van der Waals surface area contributed by atoms with Crippen molar-refractivity contribution in [1.82, 2.24) is 0 Å². The Morgan fingerprint density at radius 3 is 2.39 bits per heavy atom. The summed E-state index contributed by atoms with van der Waals surface area (Å²) in [6, 6.07) is 20.5. The number of hydrogen-bond donors (Lipinski definition) is 0. The molecule has 3 aromatic rings. The molecule has 31 heavy (non-hydrogen) atoms. The fourth-order valence-corrected chi connectivity index (χ4v) is 3.81. The number of nitrogens with zero attached hydrogens (tertiary/aromatic N) is 2. The first-order chi connectivity index (χ1) is 15.0. The van der Waals surface area contributed by atoms with Gasteiger partial charge in [0.25, 0.3) is 5.91 Å². The van der Waals surface area contributed by atoms with Crippen molar-refractivity contribution in [2.24, 2.45) is 0 Å². The van der Waals surface area contributed by atoms with Crippen LogP contribution in [0.25, 0.3) is 0 Å². The number of carbonyl (C=O) groups is 2. The molecule has 6 nitrogen and oxygen atoms in total. The van der Waals surface area contributed by atoms with E-state index >= 15 is 0 Å². The summed E-state index contributed by atoms with van der Waals surface area (Å²) in [5.41, 5.74) is 4.01. The highest BCUT2D eigenvalue weighted by Crippen LogP contribution is 2.35. The minimum atomic E-state index is -0.202. The lowest BCUT2D eigenvalue weighted by atomic mass is 10.0. The second-order valence-electron chi connectivity index (χ2n) is 7.30. The van der Waals surface area contributed by atoms with Gasteiger partial charge in [-0.25, -0.2) is 0 Å². The molecule has 1 aliphatic rings. The second-order valence-corrected chi connectivity index (χ2v) is 7.30. The molecular formula is C25H24N2O4. The summed E-state index contributed by atoms with van der Waals surface area (Å²) in [7, 11) is 4.80. The van der Waals surface area contributed by atoms with Gasteiger partial charge >= 0.3 is 0 Å². The van der Waals surface area contributed by atoms with Gasteiger partial charge in [-0.15, -0.1) is 0 Å². The minimum Gasteiger partial charge on any atom is -0.497 e. The monoisotopic (exact) mass is 416 g/mol. The van der Waals surface area contributed by atoms with Gasteiger partial charge in [-0.2, -0.15) is 0 Å². The van der Waals surface area contributed by atoms with Gasteiger partial charge in [0.1, 0.15) is 11.5 Å². The van der Waals surface area contributed by atoms with E-state index in [0.29, 0.717) is 29.2 Å². The van der Waals surface area contributed by atoms with Gasteiger partial charge in [0.2, 0.25) is 5.91 Å². The molecule has 0 unspecified atom stereocenters. The number of rotatable bonds is 5. The zero-order valence-corrected chi connectivity index (χ0v) is 17.8. The Kier molecular flexibility index (Phi) is 5.62. The Morgan fingerprint density at radius 1 is 0.935 bits per heavy atom. The van der Waals surface area contributed by atoms with Crippen LogP contribution in [0.5, 0.6) is 11.5 Å². The molecule has 0 spiro atoms. The maximum absolute atomic E-state index is 13.1. The first kappa shape index (κ1) is 20.5. The Hall–Kier alpha value is -3.80. The average Bonchev–Trinajstić information content (AvgIpc) is 2.82. The second kappa shape index (κ2) is 8.52. The molecular weight excluding hydrogens is 392 g/mol. The topological polar surface area (TPSA) is 59.1 Å². The van der Waals surface area contributed by atoms with Crippen molar-refractivity contribution < 1.29 is 19.1 Å². The van der Waals surface area contributed by atoms with E-state index < -0.39 is 0 Å². The van der Waals surface area contributed by atoms with E-state index in [1.54, 1.807) is 42.2 Å². The first-order valence-electron chi connectivity index (χ1n) is 10.0. The zero-order chi connectivity index (χ0) is 22.0. The molecule has 0 N–H and O–H groups in total. The summed E-state index contributed by atoms with van der Waals surface area (Å²) in [6.07, 6.45) is 1.24. The molecule has 0 atom stereocenters. The van der Waals surface area contributed by atoms with Crippen molar-refractivity contribution in [3.05, 3.63) is 77.9 Å². The number of anilines is 3. The van der Waals surface area contributed by atoms with Crippen LogP contribution in [-0.4, -0.2) is 33.1 Å². The van der Waals surface area contributed by atoms with Crippen LogP contribution in [0.3, 0.4) is 0 Å². The number of aryl methyl sites for hydroxylation is 1. The number of para-hydroxylation sites is 1. The SMILES string of the molecule is COc1ccc(C(=O)N(C)c2ccc(N3C(=O)CCc4ccccc43)cc2)c(OC)c1. The molecule has 0 radical (unpaired) electrons. The predicted molar refractivity (Wildman–Crippen MR) is 121 cm³/mol. The van der Waals surface area contributed by atoms with E-state index in [9.17, 15) is 9.59 Å². The molecule has 2 amide bonds. The van der Waals surface area contributed by atoms with Gasteiger partial charge < -0.3 is 14.4 Å². The molecule has 0 fully saturated rings. The number of fused-ring (bicyclic) bond motifs is 1. The highest BCUT2D eigenvalue weighted by molar-refractivity contribution is 6.08. The van der Waals surface area contributed by atoms with Crippen LogP contribution >= 0.6 is 0 Å². The quantitative estimate of drug-likeness (QED) is 0.610. The predicted octanol–water partition coefficient (Wildman–Crippen LogP) is 4.59. The van der Waals surface area contributed by atoms with Crippen LogP contribution < -0.4 is 19.3 Å². The summed E-state index contributed by atoms with van der Waals surface area (Å²) in [5, 5.41) is 0. The van der Waals surface area contributed by atoms with E-state index in [1.807, 2.05) is 42.5 Å². The minimum absolute atomic E-state index is 0.0684. The maximum Gasteiger partial charge on any atom is 0.261 e. The Balaban J connectivity index is 1.60. The van der Waals surface area contributed by atoms with Gasteiger partial charge in [0.15, 0.2) is 0 Å². The number of benzene rings is 3. The third kappa shape index (κ3) is 3.84. The highest BCUT2D eigenvalue weighted by atomic mass is 16.5. The van der Waals surface area contributed by atoms with Crippen molar-refractivity contribution in [2.75, 3.05) is 31.1 Å². The standard InChI is InChI=1S/C25H24N2O4/c1-26(25(29)21-14-13-20(30-2)16-23(21)31-3)18-9-11-19(12-10-18)27-22-7-5-4-6-17(22)8-15-24(27)28/h4-7,9-14,16H,8,15H2,1-3H3. The molecule has 6 heteroatoms. The smallest absolute Gasteiger partial charge is 0.261 e. The number of amides is 2. The lowest BCUT2D eigenvalue weighted by molar-refractivity contribution is -0.118. The summed E-state index contributed by atoms with van der Waals surface area (Å²) in [4.78, 5) is 29.0. The largest absolute Gasteiger partial charge is 0.497 e. The van der Waals surface area contributed by atoms with Gasteiger partial charge in [0, 0.05) is 30.9 Å². The molecule has 0 saturated carbocycles. The molecule has 0 saturated heterocycles. The molecule has 3 aromatic carbocycles. The van der Waals surface area contributed by atoms with E-state index in [4.69, 9.17) is 9.47 Å². The van der Waals surface area contributed by atoms with Crippen LogP contribution in [0.15, 0.2) is 66.7 Å². The molecule has 0 aliphatic carbocycles. The van der Waals surface area contributed by atoms with Crippen molar-refractivity contribution in [3.63, 3.8) is 0 Å². The summed E-state index contributed by atoms with van der Waals surface area (Å²) >= 11 is 0. The van der Waals surface area contributed by atoms with E-state index in [1.165, 1.54) is 7.11 Å². The van der Waals surface area contributed by atoms with Gasteiger partial charge in [-0.3, -0.25) is 14.5 Å². The molecule has 0 bridgehead atoms. The third-order valence-corrected chi connectivity index (χ3v) is 5.53. The molecule has 1 aliphatic heterocycles. The molecule has 158 valence electrons. The van der Waals surface area contributed by atoms with E-state index in [0.717, 1.165) is 23.4 Å². The first-order valence-corrected chi connectivity index (χ1v) is 10.0. The van der Waals surface area contributed by atoms with Crippen molar-refractivity contribution >= 4 is 28.9 Å². The molecule has 1 heterocycles. The highest BCUT2D eigenvalue weighted by Gasteiger charge is 2.25. The Labute approximate surface area is 181 Å². The molecule has 0 aromatic heterocycles. The third-order valence-electron chi connectivity index (χ3n) is 5.53. The van der Waals surface area contributed by atoms with Crippen molar-refractivity contribution in [2.45, 2.75) is 12.8 Å². The fraction of sp³-hybridized carbons (Fsp3) is 0.200. The van der Waals surface area contributed by atoms with Gasteiger partial charge in [0.05, 0.1) is 25.5 Å². The average molecular weight is 416 g/mol. The summed E-state index contributed by atoms with van der Waals surface area (Å²) in [6.45, 7) is 0. The lowest BCUT2D eigenvalue weighted by Gasteiger charge is -2.30. The number of methoxy groups -OCH3 is 2. The van der Waals surface area contributed by atoms with Crippen LogP contribution in [0.2, 0.25) is 0 Å². The van der Waals surface area contributed by atoms with Crippen molar-refractivity contribution in [1.29, 1.82) is 0 Å². The lowest BCUT2D eigenvalue weighted by Crippen LogP contribution is -2.31. The van der Waals surface area contributed by atoms with Crippen LogP contribution in [0.4, 0.5) is 17.1 Å². The number of hydrogen-bond acceptors (Lipinski definition) is 4. The number of ether oxygens (including phenoxy) is 2. The van der Waals surface area contributed by atoms with Crippen LogP contribution in [0.1, 0.15) is 22.3 Å². The maximum atomic E-state index is 13.1. The summed E-state index contributed by atoms with van der Waals surface area (Å²) in [5.74, 6) is 0.931. The van der Waals surface area contributed by atoms with Gasteiger partial charge in [-0.1, -0.05) is 18.2 Å². The number of carbonyl (C=O) groups excluding carboxylic acids is 2. The summed E-state index contributed by atoms with van der Waals surface area (Å²) < 4.78 is 10.6. The Morgan fingerprint density at radius 2 is 1.68 bits per heavy atom.